The van der Waals surface area contributed by atoms with Crippen molar-refractivity contribution in [3.8, 4) is 17.2 Å². The predicted octanol–water partition coefficient (Wildman–Crippen LogP) is 3.18. The van der Waals surface area contributed by atoms with Crippen molar-refractivity contribution in [2.45, 2.75) is 6.42 Å². The van der Waals surface area contributed by atoms with Crippen LogP contribution in [0.2, 0.25) is 0 Å². The number of hydrogen-bond donors (Lipinski definition) is 2. The van der Waals surface area contributed by atoms with E-state index < -0.39 is 18.5 Å². The molecule has 0 aliphatic carbocycles. The van der Waals surface area contributed by atoms with Crippen molar-refractivity contribution in [1.82, 2.24) is 5.43 Å². The van der Waals surface area contributed by atoms with Crippen LogP contribution in [0.15, 0.2) is 58.6 Å². The van der Waals surface area contributed by atoms with Crippen LogP contribution in [-0.4, -0.2) is 43.5 Å². The fourth-order valence-corrected chi connectivity index (χ4v) is 2.67. The second-order valence-corrected chi connectivity index (χ2v) is 6.84. The number of aliphatic carboxylic acids is 1. The monoisotopic (exact) mass is 476 g/mol. The van der Waals surface area contributed by atoms with Gasteiger partial charge in [0.1, 0.15) is 5.75 Å². The number of carbonyl (C=O) groups excluding carboxylic acids is 1. The molecule has 2 aromatic rings. The van der Waals surface area contributed by atoms with Gasteiger partial charge in [-0.1, -0.05) is 22.0 Å². The van der Waals surface area contributed by atoms with Gasteiger partial charge >= 0.3 is 5.97 Å². The van der Waals surface area contributed by atoms with Crippen LogP contribution in [0.4, 0.5) is 0 Å². The molecule has 0 aliphatic heterocycles. The molecule has 1 amide bonds. The molecule has 0 aliphatic rings. The fraction of sp³-hybridized carbons (Fsp3) is 0.190. The van der Waals surface area contributed by atoms with Crippen LogP contribution in [-0.2, 0) is 16.0 Å². The van der Waals surface area contributed by atoms with Gasteiger partial charge in [-0.15, -0.1) is 6.58 Å². The molecule has 0 atom stereocenters. The average molecular weight is 477 g/mol. The van der Waals surface area contributed by atoms with Gasteiger partial charge in [-0.25, -0.2) is 10.2 Å². The van der Waals surface area contributed by atoms with E-state index in [0.29, 0.717) is 34.8 Å². The number of carboxylic acid groups (broad SMARTS) is 1. The Morgan fingerprint density at radius 2 is 1.93 bits per heavy atom. The SMILES string of the molecule is C=CCc1cc(/C=N\NC(=O)COc2ccc(Br)cc2)cc(OC)c1OCC(=O)O. The largest absolute Gasteiger partial charge is 0.493 e. The van der Waals surface area contributed by atoms with E-state index in [-0.39, 0.29) is 6.61 Å². The molecule has 158 valence electrons. The van der Waals surface area contributed by atoms with Crippen LogP contribution in [0.5, 0.6) is 17.2 Å². The van der Waals surface area contributed by atoms with Gasteiger partial charge in [-0.2, -0.15) is 5.10 Å². The Hall–Kier alpha value is -3.33. The molecule has 8 nitrogen and oxygen atoms in total. The number of amides is 1. The molecule has 0 spiro atoms. The summed E-state index contributed by atoms with van der Waals surface area (Å²) in [7, 11) is 1.45. The molecule has 2 rings (SSSR count). The van der Waals surface area contributed by atoms with Gasteiger partial charge in [0.15, 0.2) is 24.7 Å². The minimum absolute atomic E-state index is 0.189. The number of benzene rings is 2. The first-order chi connectivity index (χ1) is 14.4. The zero-order valence-corrected chi connectivity index (χ0v) is 17.8. The molecule has 2 N–H and O–H groups in total. The zero-order chi connectivity index (χ0) is 21.9. The standard InChI is InChI=1S/C21H21BrN2O6/c1-3-4-15-9-14(10-18(28-2)21(15)30-13-20(26)27)11-23-24-19(25)12-29-17-7-5-16(22)6-8-17/h3,5-11H,1,4,12-13H2,2H3,(H,24,25)(H,26,27)/b23-11-. The van der Waals surface area contributed by atoms with Crippen molar-refractivity contribution in [2.75, 3.05) is 20.3 Å². The maximum atomic E-state index is 11.9. The van der Waals surface area contributed by atoms with E-state index in [2.05, 4.69) is 33.0 Å². The fourth-order valence-electron chi connectivity index (χ4n) is 2.41. The van der Waals surface area contributed by atoms with Gasteiger partial charge < -0.3 is 19.3 Å². The van der Waals surface area contributed by atoms with E-state index in [1.165, 1.54) is 13.3 Å². The Kier molecular flexibility index (Phi) is 8.89. The summed E-state index contributed by atoms with van der Waals surface area (Å²) in [4.78, 5) is 22.7. The van der Waals surface area contributed by atoms with Gasteiger partial charge in [-0.3, -0.25) is 4.79 Å². The first-order valence-electron chi connectivity index (χ1n) is 8.79. The number of nitrogens with zero attached hydrogens (tertiary/aromatic N) is 1. The lowest BCUT2D eigenvalue weighted by Crippen LogP contribution is -2.24. The van der Waals surface area contributed by atoms with Crippen molar-refractivity contribution in [1.29, 1.82) is 0 Å². The molecule has 0 bridgehead atoms. The molecule has 0 fully saturated rings. The van der Waals surface area contributed by atoms with Gasteiger partial charge in [0.05, 0.1) is 13.3 Å². The predicted molar refractivity (Wildman–Crippen MR) is 115 cm³/mol. The molecule has 2 aromatic carbocycles. The smallest absolute Gasteiger partial charge is 0.341 e. The number of rotatable bonds is 11. The molecule has 0 radical (unpaired) electrons. The second kappa shape index (κ2) is 11.6. The van der Waals surface area contributed by atoms with Crippen LogP contribution in [0.1, 0.15) is 11.1 Å². The maximum absolute atomic E-state index is 11.9. The summed E-state index contributed by atoms with van der Waals surface area (Å²) in [6.07, 6.45) is 3.53. The third-order valence-electron chi connectivity index (χ3n) is 3.66. The van der Waals surface area contributed by atoms with E-state index >= 15 is 0 Å². The third-order valence-corrected chi connectivity index (χ3v) is 4.19. The first kappa shape index (κ1) is 23.0. The van der Waals surface area contributed by atoms with Crippen LogP contribution in [0.25, 0.3) is 0 Å². The molecule has 30 heavy (non-hydrogen) atoms. The highest BCUT2D eigenvalue weighted by Gasteiger charge is 2.13. The van der Waals surface area contributed by atoms with E-state index in [9.17, 15) is 9.59 Å². The highest BCUT2D eigenvalue weighted by atomic mass is 79.9. The van der Waals surface area contributed by atoms with Crippen molar-refractivity contribution >= 4 is 34.0 Å². The van der Waals surface area contributed by atoms with E-state index in [1.807, 2.05) is 12.1 Å². The summed E-state index contributed by atoms with van der Waals surface area (Å²) in [6, 6.07) is 10.5. The summed E-state index contributed by atoms with van der Waals surface area (Å²) >= 11 is 3.32. The Bertz CT molecular complexity index is 928. The third kappa shape index (κ3) is 7.25. The summed E-state index contributed by atoms with van der Waals surface area (Å²) in [5.74, 6) is -0.284. The molecule has 0 aromatic heterocycles. The van der Waals surface area contributed by atoms with Crippen molar-refractivity contribution in [3.63, 3.8) is 0 Å². The average Bonchev–Trinajstić information content (AvgIpc) is 2.72. The molecule has 0 saturated heterocycles. The Morgan fingerprint density at radius 1 is 1.20 bits per heavy atom. The van der Waals surface area contributed by atoms with Gasteiger partial charge in [0.2, 0.25) is 0 Å². The highest BCUT2D eigenvalue weighted by molar-refractivity contribution is 9.10. The number of ether oxygens (including phenoxy) is 3. The van der Waals surface area contributed by atoms with Crippen molar-refractivity contribution in [3.05, 3.63) is 64.7 Å². The minimum atomic E-state index is -1.10. The lowest BCUT2D eigenvalue weighted by molar-refractivity contribution is -0.139. The normalized spacial score (nSPS) is 10.5. The second-order valence-electron chi connectivity index (χ2n) is 5.92. The number of carboxylic acids is 1. The Balaban J connectivity index is 2.03. The molecular weight excluding hydrogens is 456 g/mol. The van der Waals surface area contributed by atoms with Crippen molar-refractivity contribution < 1.29 is 28.9 Å². The first-order valence-corrected chi connectivity index (χ1v) is 9.59. The minimum Gasteiger partial charge on any atom is -0.493 e. The highest BCUT2D eigenvalue weighted by Crippen LogP contribution is 2.33. The summed E-state index contributed by atoms with van der Waals surface area (Å²) in [5.41, 5.74) is 3.69. The number of nitrogens with one attached hydrogen (secondary N) is 1. The zero-order valence-electron chi connectivity index (χ0n) is 16.3. The molecule has 0 saturated carbocycles. The number of hydrazone groups is 1. The number of carbonyl (C=O) groups is 2. The number of halogens is 1. The van der Waals surface area contributed by atoms with Gasteiger partial charge in [0.25, 0.3) is 5.91 Å². The Labute approximate surface area is 182 Å². The topological polar surface area (TPSA) is 106 Å². The van der Waals surface area contributed by atoms with E-state index in [0.717, 1.165) is 4.47 Å². The van der Waals surface area contributed by atoms with Gasteiger partial charge in [0, 0.05) is 10.0 Å². The number of allylic oxidation sites excluding steroid dienone is 1. The molecular formula is C21H21BrN2O6. The van der Waals surface area contributed by atoms with E-state index in [1.54, 1.807) is 30.3 Å². The van der Waals surface area contributed by atoms with Crippen LogP contribution < -0.4 is 19.6 Å². The lowest BCUT2D eigenvalue weighted by atomic mass is 10.1. The summed E-state index contributed by atoms with van der Waals surface area (Å²) in [5, 5.41) is 12.8. The van der Waals surface area contributed by atoms with Crippen molar-refractivity contribution in [2.24, 2.45) is 5.10 Å². The number of hydrogen-bond acceptors (Lipinski definition) is 6. The van der Waals surface area contributed by atoms with E-state index in [4.69, 9.17) is 19.3 Å². The molecule has 0 unspecified atom stereocenters. The van der Waals surface area contributed by atoms with Crippen LogP contribution >= 0.6 is 15.9 Å². The molecule has 0 heterocycles. The Morgan fingerprint density at radius 3 is 2.57 bits per heavy atom. The van der Waals surface area contributed by atoms with Gasteiger partial charge in [-0.05, 0) is 48.4 Å². The maximum Gasteiger partial charge on any atom is 0.341 e. The lowest BCUT2D eigenvalue weighted by Gasteiger charge is -2.14. The molecule has 9 heteroatoms. The number of methoxy groups -OCH3 is 1. The van der Waals surface area contributed by atoms with Crippen LogP contribution in [0, 0.1) is 0 Å². The summed E-state index contributed by atoms with van der Waals surface area (Å²) in [6.45, 7) is 3.01. The van der Waals surface area contributed by atoms with Crippen LogP contribution in [0.3, 0.4) is 0 Å². The summed E-state index contributed by atoms with van der Waals surface area (Å²) < 4.78 is 16.9. The quantitative estimate of drug-likeness (QED) is 0.293.